The van der Waals surface area contributed by atoms with Gasteiger partial charge in [0.2, 0.25) is 5.89 Å². The maximum absolute atomic E-state index is 13.1. The van der Waals surface area contributed by atoms with Gasteiger partial charge in [-0.05, 0) is 35.1 Å². The second kappa shape index (κ2) is 5.76. The first-order valence-corrected chi connectivity index (χ1v) is 10.3. The Balaban J connectivity index is 1.19. The predicted molar refractivity (Wildman–Crippen MR) is 108 cm³/mol. The minimum Gasteiger partial charge on any atom is -0.337 e. The lowest BCUT2D eigenvalue weighted by molar-refractivity contribution is 0.151. The summed E-state index contributed by atoms with van der Waals surface area (Å²) in [6.07, 6.45) is 1.33. The number of hydrogen-bond acceptors (Lipinski definition) is 6. The van der Waals surface area contributed by atoms with E-state index in [4.69, 9.17) is 4.52 Å². The maximum Gasteiger partial charge on any atom is 0.280 e. The van der Waals surface area contributed by atoms with Crippen molar-refractivity contribution in [3.05, 3.63) is 75.7 Å². The molecule has 0 amide bonds. The summed E-state index contributed by atoms with van der Waals surface area (Å²) in [5.41, 5.74) is 3.65. The molecular weight excluding hydrogens is 418 g/mol. The molecule has 0 N–H and O–H groups in total. The summed E-state index contributed by atoms with van der Waals surface area (Å²) >= 11 is 0. The molecule has 2 fully saturated rings. The third-order valence-corrected chi connectivity index (χ3v) is 7.12. The molecule has 4 aromatic rings. The fourth-order valence-electron chi connectivity index (χ4n) is 5.56. The number of nitrogens with zero attached hydrogens (tertiary/aromatic N) is 6. The minimum atomic E-state index is -2.48. The van der Waals surface area contributed by atoms with Crippen molar-refractivity contribution in [3.63, 3.8) is 0 Å². The van der Waals surface area contributed by atoms with Gasteiger partial charge in [-0.15, -0.1) is 0 Å². The van der Waals surface area contributed by atoms with Gasteiger partial charge in [-0.3, -0.25) is 9.36 Å². The van der Waals surface area contributed by atoms with Crippen LogP contribution in [0.2, 0.25) is 0 Å². The largest absolute Gasteiger partial charge is 0.337 e. The first-order valence-electron chi connectivity index (χ1n) is 10.3. The third-order valence-electron chi connectivity index (χ3n) is 7.12. The van der Waals surface area contributed by atoms with Gasteiger partial charge in [0, 0.05) is 18.5 Å². The molecule has 0 radical (unpaired) electrons. The van der Waals surface area contributed by atoms with Crippen molar-refractivity contribution >= 4 is 16.7 Å². The number of aromatic nitrogens is 6. The first kappa shape index (κ1) is 17.9. The molecule has 0 saturated heterocycles. The average Bonchev–Trinajstić information content (AvgIpc) is 3.24. The Kier molecular flexibility index (Phi) is 3.23. The van der Waals surface area contributed by atoms with Crippen LogP contribution in [0.3, 0.4) is 0 Å². The summed E-state index contributed by atoms with van der Waals surface area (Å²) in [6.45, 7) is 0.119. The molecular formula is C22H16F2N6O2. The van der Waals surface area contributed by atoms with E-state index in [0.29, 0.717) is 34.7 Å². The molecule has 3 aromatic heterocycles. The quantitative estimate of drug-likeness (QED) is 0.480. The van der Waals surface area contributed by atoms with Crippen molar-refractivity contribution in [3.8, 4) is 0 Å². The van der Waals surface area contributed by atoms with Gasteiger partial charge in [-0.2, -0.15) is 4.98 Å². The van der Waals surface area contributed by atoms with Crippen LogP contribution < -0.4 is 5.56 Å². The minimum absolute atomic E-state index is 0.0371. The Morgan fingerprint density at radius 2 is 2.12 bits per heavy atom. The zero-order valence-electron chi connectivity index (χ0n) is 16.9. The van der Waals surface area contributed by atoms with Crippen LogP contribution in [-0.2, 0) is 19.0 Å². The number of allylic oxidation sites excluding steroid dienone is 2. The van der Waals surface area contributed by atoms with E-state index >= 15 is 0 Å². The number of benzene rings is 1. The van der Waals surface area contributed by atoms with Crippen LogP contribution in [0.4, 0.5) is 8.78 Å². The molecule has 160 valence electrons. The summed E-state index contributed by atoms with van der Waals surface area (Å²) < 4.78 is 34.7. The van der Waals surface area contributed by atoms with Crippen molar-refractivity contribution in [1.82, 2.24) is 29.2 Å². The van der Waals surface area contributed by atoms with Crippen LogP contribution in [0.25, 0.3) is 16.7 Å². The third kappa shape index (κ3) is 2.11. The lowest BCUT2D eigenvalue weighted by atomic mass is 10.0. The molecule has 1 aromatic carbocycles. The standard InChI is InChI=1S/C22H16F2N6O2/c1-29-8-25-19-17(29)20(31)30(9-26-19)7-14-27-21(28-32-14)22-13-6-12(15(22)16(13)22)10-3-2-4-11(5-10)18(23)24/h2-5,8-9,13,16,18H,6-7H2,1H3/t13-,16-,22+/m1/s1. The van der Waals surface area contributed by atoms with Gasteiger partial charge in [-0.1, -0.05) is 23.4 Å². The SMILES string of the molecule is Cn1cnc2ncn(Cc3nc([C@]45C6=C(c7cccc(C(F)F)c7)C[C@@H]4[C@H]65)no3)c(=O)c21. The molecule has 32 heavy (non-hydrogen) atoms. The molecule has 0 unspecified atom stereocenters. The van der Waals surface area contributed by atoms with Crippen molar-refractivity contribution in [2.24, 2.45) is 18.9 Å². The number of halogens is 2. The van der Waals surface area contributed by atoms with Gasteiger partial charge >= 0.3 is 0 Å². The van der Waals surface area contributed by atoms with Gasteiger partial charge in [0.05, 0.1) is 11.7 Å². The number of imidazole rings is 1. The van der Waals surface area contributed by atoms with Crippen LogP contribution >= 0.6 is 0 Å². The molecule has 4 aliphatic carbocycles. The topological polar surface area (TPSA) is 91.6 Å². The summed E-state index contributed by atoms with van der Waals surface area (Å²) in [6, 6.07) is 6.60. The molecule has 0 spiro atoms. The van der Waals surface area contributed by atoms with Crippen molar-refractivity contribution in [1.29, 1.82) is 0 Å². The molecule has 8 nitrogen and oxygen atoms in total. The monoisotopic (exact) mass is 434 g/mol. The van der Waals surface area contributed by atoms with Crippen LogP contribution in [-0.4, -0.2) is 29.2 Å². The molecule has 2 saturated carbocycles. The fourth-order valence-corrected chi connectivity index (χ4v) is 5.56. The molecule has 10 heteroatoms. The fraction of sp³-hybridized carbons (Fsp3) is 0.318. The Bertz CT molecular complexity index is 1530. The lowest BCUT2D eigenvalue weighted by Crippen LogP contribution is -2.22. The smallest absolute Gasteiger partial charge is 0.280 e. The molecule has 2 bridgehead atoms. The molecule has 4 aliphatic rings. The van der Waals surface area contributed by atoms with Crippen molar-refractivity contribution in [2.45, 2.75) is 24.8 Å². The van der Waals surface area contributed by atoms with E-state index in [9.17, 15) is 13.6 Å². The number of alkyl halides is 2. The summed E-state index contributed by atoms with van der Waals surface area (Å²) in [5.74, 6) is 1.75. The van der Waals surface area contributed by atoms with Gasteiger partial charge in [0.25, 0.3) is 12.0 Å². The highest BCUT2D eigenvalue weighted by Crippen LogP contribution is 2.90. The Morgan fingerprint density at radius 1 is 1.28 bits per heavy atom. The van der Waals surface area contributed by atoms with E-state index in [0.717, 1.165) is 17.6 Å². The van der Waals surface area contributed by atoms with E-state index in [1.807, 2.05) is 6.07 Å². The summed E-state index contributed by atoms with van der Waals surface area (Å²) in [7, 11) is 1.74. The molecule has 3 heterocycles. The summed E-state index contributed by atoms with van der Waals surface area (Å²) in [4.78, 5) is 25.6. The van der Waals surface area contributed by atoms with Crippen molar-refractivity contribution in [2.75, 3.05) is 0 Å². The van der Waals surface area contributed by atoms with Gasteiger partial charge in [0.1, 0.15) is 12.9 Å². The maximum atomic E-state index is 13.1. The van der Waals surface area contributed by atoms with E-state index in [-0.39, 0.29) is 23.1 Å². The second-order valence-corrected chi connectivity index (χ2v) is 8.69. The number of aryl methyl sites for hydroxylation is 1. The Morgan fingerprint density at radius 3 is 2.94 bits per heavy atom. The van der Waals surface area contributed by atoms with E-state index < -0.39 is 6.43 Å². The highest BCUT2D eigenvalue weighted by molar-refractivity contribution is 5.90. The van der Waals surface area contributed by atoms with Crippen LogP contribution in [0, 0.1) is 11.8 Å². The van der Waals surface area contributed by atoms with Gasteiger partial charge in [0.15, 0.2) is 17.0 Å². The molecule has 0 aliphatic heterocycles. The number of fused-ring (bicyclic) bond motifs is 2. The molecule has 3 atom stereocenters. The zero-order valence-corrected chi connectivity index (χ0v) is 16.9. The normalized spacial score (nSPS) is 25.1. The second-order valence-electron chi connectivity index (χ2n) is 8.69. The van der Waals surface area contributed by atoms with Crippen LogP contribution in [0.5, 0.6) is 0 Å². The van der Waals surface area contributed by atoms with Crippen molar-refractivity contribution < 1.29 is 13.3 Å². The first-order chi connectivity index (χ1) is 15.5. The van der Waals surface area contributed by atoms with Gasteiger partial charge in [-0.25, -0.2) is 18.7 Å². The molecule has 8 rings (SSSR count). The zero-order chi connectivity index (χ0) is 21.8. The van der Waals surface area contributed by atoms with Crippen LogP contribution in [0.1, 0.15) is 35.7 Å². The van der Waals surface area contributed by atoms with E-state index in [1.54, 1.807) is 30.1 Å². The number of hydrogen-bond donors (Lipinski definition) is 0. The Hall–Kier alpha value is -3.69. The summed E-state index contributed by atoms with van der Waals surface area (Å²) in [5, 5.41) is 4.21. The highest BCUT2D eigenvalue weighted by Gasteiger charge is 2.89. The Labute approximate surface area is 179 Å². The lowest BCUT2D eigenvalue weighted by Gasteiger charge is -2.04. The highest BCUT2D eigenvalue weighted by atomic mass is 19.3. The van der Waals surface area contributed by atoms with Gasteiger partial charge < -0.3 is 9.09 Å². The van der Waals surface area contributed by atoms with Crippen LogP contribution in [0.15, 0.2) is 51.8 Å². The predicted octanol–water partition coefficient (Wildman–Crippen LogP) is 2.85. The number of rotatable bonds is 5. The average molecular weight is 434 g/mol. The van der Waals surface area contributed by atoms with E-state index in [1.165, 1.54) is 22.5 Å². The van der Waals surface area contributed by atoms with E-state index in [2.05, 4.69) is 20.1 Å².